The highest BCUT2D eigenvalue weighted by molar-refractivity contribution is 7.90. The molecule has 0 radical (unpaired) electrons. The van der Waals surface area contributed by atoms with Crippen LogP contribution in [0, 0.1) is 6.92 Å². The number of esters is 1. The number of nitrogens with zero attached hydrogens (tertiary/aromatic N) is 1. The van der Waals surface area contributed by atoms with Crippen LogP contribution in [0.25, 0.3) is 0 Å². The molecule has 2 N–H and O–H groups in total. The van der Waals surface area contributed by atoms with E-state index in [-0.39, 0.29) is 34.5 Å². The number of methoxy groups -OCH3 is 1. The lowest BCUT2D eigenvalue weighted by Crippen LogP contribution is -2.60. The first kappa shape index (κ1) is 35.4. The number of carbonyl (C=O) groups is 1. The first-order valence-electron chi connectivity index (χ1n) is 14.2. The van der Waals surface area contributed by atoms with E-state index in [4.69, 9.17) is 22.5 Å². The SMILES string of the molecule is COC(=O)CNC1=CS(=O)(=O)O[C@@]12[C@@H](CO[Si](C)(C)C(C)(C)C)O[C@@H](n1cc(C)c(=O)[nH]c1=O)[C@@H]2O[Si](C)(C)C(C)(C)C. The van der Waals surface area contributed by atoms with Crippen LogP contribution in [0.1, 0.15) is 53.3 Å². The third-order valence-electron chi connectivity index (χ3n) is 9.10. The molecule has 3 heterocycles. The minimum atomic E-state index is -4.32. The maximum atomic E-state index is 13.2. The van der Waals surface area contributed by atoms with Crippen molar-refractivity contribution >= 4 is 32.7 Å². The van der Waals surface area contributed by atoms with Gasteiger partial charge in [-0.1, -0.05) is 41.5 Å². The summed E-state index contributed by atoms with van der Waals surface area (Å²) >= 11 is 0. The largest absolute Gasteiger partial charge is 0.468 e. The van der Waals surface area contributed by atoms with Crippen LogP contribution < -0.4 is 16.6 Å². The maximum absolute atomic E-state index is 13.2. The Morgan fingerprint density at radius 1 is 1.09 bits per heavy atom. The third kappa shape index (κ3) is 6.94. The number of H-pyrrole nitrogens is 1. The summed E-state index contributed by atoms with van der Waals surface area (Å²) in [7, 11) is -8.27. The molecule has 4 atom stereocenters. The lowest BCUT2D eigenvalue weighted by Gasteiger charge is -2.44. The predicted octanol–water partition coefficient (Wildman–Crippen LogP) is 2.86. The van der Waals surface area contributed by atoms with E-state index in [9.17, 15) is 22.8 Å². The van der Waals surface area contributed by atoms with E-state index in [1.54, 1.807) is 6.92 Å². The van der Waals surface area contributed by atoms with Gasteiger partial charge in [0.25, 0.3) is 15.7 Å². The smallest absolute Gasteiger partial charge is 0.330 e. The van der Waals surface area contributed by atoms with Gasteiger partial charge in [-0.25, -0.2) is 8.98 Å². The van der Waals surface area contributed by atoms with Crippen LogP contribution in [0.4, 0.5) is 0 Å². The summed E-state index contributed by atoms with van der Waals surface area (Å²) in [5.74, 6) is -0.640. The van der Waals surface area contributed by atoms with E-state index in [1.807, 2.05) is 47.0 Å². The summed E-state index contributed by atoms with van der Waals surface area (Å²) in [6, 6.07) is 0. The molecular weight excluding hydrogens is 615 g/mol. The van der Waals surface area contributed by atoms with Crippen molar-refractivity contribution in [3.63, 3.8) is 0 Å². The van der Waals surface area contributed by atoms with E-state index in [0.717, 1.165) is 5.41 Å². The number of hydrogen-bond donors (Lipinski definition) is 2. The van der Waals surface area contributed by atoms with Gasteiger partial charge in [0.1, 0.15) is 18.8 Å². The third-order valence-corrected chi connectivity index (χ3v) is 19.1. The lowest BCUT2D eigenvalue weighted by atomic mass is 9.89. The minimum Gasteiger partial charge on any atom is -0.468 e. The van der Waals surface area contributed by atoms with Crippen LogP contribution >= 0.6 is 0 Å². The van der Waals surface area contributed by atoms with Gasteiger partial charge in [0.05, 0.1) is 24.8 Å². The molecule has 244 valence electrons. The predicted molar refractivity (Wildman–Crippen MR) is 166 cm³/mol. The molecule has 1 spiro atoms. The summed E-state index contributed by atoms with van der Waals surface area (Å²) in [4.78, 5) is 39.9. The summed E-state index contributed by atoms with van der Waals surface area (Å²) in [5, 5.41) is 3.26. The molecule has 0 aliphatic carbocycles. The van der Waals surface area contributed by atoms with Crippen molar-refractivity contribution in [3.8, 4) is 0 Å². The van der Waals surface area contributed by atoms with Gasteiger partial charge in [0.15, 0.2) is 28.5 Å². The van der Waals surface area contributed by atoms with Gasteiger partial charge in [0, 0.05) is 11.8 Å². The second-order valence-corrected chi connectivity index (χ2v) is 25.1. The number of rotatable bonds is 9. The highest BCUT2D eigenvalue weighted by Gasteiger charge is 2.68. The lowest BCUT2D eigenvalue weighted by molar-refractivity contribution is -0.139. The van der Waals surface area contributed by atoms with E-state index in [0.29, 0.717) is 0 Å². The van der Waals surface area contributed by atoms with Crippen LogP contribution in [0.5, 0.6) is 0 Å². The topological polar surface area (TPSA) is 164 Å². The van der Waals surface area contributed by atoms with E-state index in [1.165, 1.54) is 17.9 Å². The molecule has 43 heavy (non-hydrogen) atoms. The number of nitrogens with one attached hydrogen (secondary N) is 2. The van der Waals surface area contributed by atoms with E-state index >= 15 is 0 Å². The van der Waals surface area contributed by atoms with Gasteiger partial charge >= 0.3 is 11.7 Å². The summed E-state index contributed by atoms with van der Waals surface area (Å²) in [6.45, 7) is 21.4. The molecule has 2 aliphatic rings. The molecule has 0 unspecified atom stereocenters. The van der Waals surface area contributed by atoms with Crippen molar-refractivity contribution in [2.75, 3.05) is 20.3 Å². The Kier molecular flexibility index (Phi) is 9.62. The molecular formula is C27H47N3O10SSi2. The number of ether oxygens (including phenoxy) is 2. The molecule has 1 aromatic rings. The van der Waals surface area contributed by atoms with Gasteiger partial charge in [-0.15, -0.1) is 0 Å². The van der Waals surface area contributed by atoms with Crippen molar-refractivity contribution in [2.45, 2.75) is 109 Å². The van der Waals surface area contributed by atoms with Gasteiger partial charge in [0.2, 0.25) is 0 Å². The van der Waals surface area contributed by atoms with Crippen molar-refractivity contribution in [1.29, 1.82) is 0 Å². The fourth-order valence-electron chi connectivity index (χ4n) is 4.37. The molecule has 0 aromatic carbocycles. The van der Waals surface area contributed by atoms with Gasteiger partial charge < -0.3 is 23.6 Å². The summed E-state index contributed by atoms with van der Waals surface area (Å²) in [6.07, 6.45) is -2.22. The fourth-order valence-corrected chi connectivity index (χ4v) is 7.93. The Bertz CT molecular complexity index is 1490. The molecule has 0 bridgehead atoms. The monoisotopic (exact) mass is 661 g/mol. The zero-order chi connectivity index (χ0) is 33.0. The molecule has 0 amide bonds. The molecule has 1 saturated heterocycles. The Balaban J connectivity index is 2.31. The van der Waals surface area contributed by atoms with Crippen molar-refractivity contribution in [3.05, 3.63) is 43.7 Å². The zero-order valence-electron chi connectivity index (χ0n) is 27.2. The molecule has 1 fully saturated rings. The molecule has 2 aliphatic heterocycles. The highest BCUT2D eigenvalue weighted by Crippen LogP contribution is 2.52. The molecule has 16 heteroatoms. The molecule has 0 saturated carbocycles. The second-order valence-electron chi connectivity index (χ2n) is 14.2. The average Bonchev–Trinajstić information content (AvgIpc) is 3.29. The van der Waals surface area contributed by atoms with E-state index in [2.05, 4.69) is 31.1 Å². The Hall–Kier alpha value is -2.09. The summed E-state index contributed by atoms with van der Waals surface area (Å²) < 4.78 is 58.4. The van der Waals surface area contributed by atoms with Crippen LogP contribution in [-0.2, 0) is 37.4 Å². The normalized spacial score (nSPS) is 26.0. The Labute approximate surface area is 255 Å². The van der Waals surface area contributed by atoms with Crippen LogP contribution in [-0.4, -0.2) is 78.6 Å². The zero-order valence-corrected chi connectivity index (χ0v) is 30.1. The number of aromatic amines is 1. The standard InChI is InChI=1S/C27H47N3O10SSi2/c1-17-14-30(24(33)29-22(17)32)23-21(39-43(11,12)26(5,6)7)27(19(38-23)15-37-42(9,10)25(2,3)4)18(16-41(34,35)40-27)28-13-20(31)36-8/h14,16,19,21,23,28H,13,15H2,1-12H3,(H,29,32,33)/t19-,21+,23-,27-/m1/s1. The highest BCUT2D eigenvalue weighted by atomic mass is 32.2. The van der Waals surface area contributed by atoms with Crippen LogP contribution in [0.15, 0.2) is 26.9 Å². The molecule has 13 nitrogen and oxygen atoms in total. The van der Waals surface area contributed by atoms with Crippen molar-refractivity contribution in [2.24, 2.45) is 0 Å². The minimum absolute atomic E-state index is 0.0159. The summed E-state index contributed by atoms with van der Waals surface area (Å²) in [5.41, 5.74) is -2.95. The van der Waals surface area contributed by atoms with E-state index < -0.39 is 68.0 Å². The maximum Gasteiger partial charge on any atom is 0.330 e. The number of aromatic nitrogens is 2. The Morgan fingerprint density at radius 2 is 1.67 bits per heavy atom. The Morgan fingerprint density at radius 3 is 2.21 bits per heavy atom. The van der Waals surface area contributed by atoms with Crippen molar-refractivity contribution < 1.29 is 35.7 Å². The quantitative estimate of drug-likeness (QED) is 0.227. The first-order valence-corrected chi connectivity index (χ1v) is 21.4. The van der Waals surface area contributed by atoms with Gasteiger partial charge in [-0.2, -0.15) is 8.42 Å². The van der Waals surface area contributed by atoms with Gasteiger partial charge in [-0.3, -0.25) is 19.1 Å². The number of aryl methyl sites for hydroxylation is 1. The molecule has 1 aromatic heterocycles. The average molecular weight is 662 g/mol. The van der Waals surface area contributed by atoms with Crippen LogP contribution in [0.3, 0.4) is 0 Å². The first-order chi connectivity index (χ1) is 19.4. The van der Waals surface area contributed by atoms with Crippen molar-refractivity contribution in [1.82, 2.24) is 14.9 Å². The second kappa shape index (κ2) is 11.7. The fraction of sp³-hybridized carbons (Fsp3) is 0.741. The van der Waals surface area contributed by atoms with Crippen LogP contribution in [0.2, 0.25) is 36.3 Å². The van der Waals surface area contributed by atoms with Gasteiger partial charge in [-0.05, 0) is 43.2 Å². The molecule has 3 rings (SSSR count). The number of hydrogen-bond acceptors (Lipinski definition) is 11. The number of carbonyl (C=O) groups excluding carboxylic acids is 1.